The minimum atomic E-state index is -0.377. The molecule has 0 bridgehead atoms. The fourth-order valence-electron chi connectivity index (χ4n) is 3.81. The lowest BCUT2D eigenvalue weighted by Gasteiger charge is -2.22. The Morgan fingerprint density at radius 3 is 2.91 bits per heavy atom. The number of benzene rings is 1. The largest absolute Gasteiger partial charge is 0.485 e. The van der Waals surface area contributed by atoms with Gasteiger partial charge in [-0.15, -0.1) is 11.3 Å². The first kappa shape index (κ1) is 22.2. The van der Waals surface area contributed by atoms with E-state index in [9.17, 15) is 4.79 Å². The maximum atomic E-state index is 15.0. The average Bonchev–Trinajstić information content (AvgIpc) is 3.31. The standard InChI is InChI=1S/C24H27FN4O2S/c1-26-9-8-22(23-4-3-13-32-23)31-18-6-5-17(20(25)14-18)16-29-12-11-28(2)21-7-10-27-15-19(21)24(29)30/h3-7,10,13-15,22,26H,8-9,11-12,16H2,1-2H3/t22-/m0/s1. The van der Waals surface area contributed by atoms with Crippen LogP contribution in [0.3, 0.4) is 0 Å². The van der Waals surface area contributed by atoms with Crippen molar-refractivity contribution in [2.75, 3.05) is 38.6 Å². The van der Waals surface area contributed by atoms with Gasteiger partial charge in [-0.1, -0.05) is 12.1 Å². The molecule has 32 heavy (non-hydrogen) atoms. The predicted octanol–water partition coefficient (Wildman–Crippen LogP) is 4.10. The molecular weight excluding hydrogens is 427 g/mol. The van der Waals surface area contributed by atoms with Gasteiger partial charge in [-0.3, -0.25) is 9.78 Å². The molecule has 1 aromatic carbocycles. The first-order chi connectivity index (χ1) is 15.6. The average molecular weight is 455 g/mol. The van der Waals surface area contributed by atoms with Gasteiger partial charge in [0.05, 0.1) is 11.3 Å². The van der Waals surface area contributed by atoms with Gasteiger partial charge in [0.15, 0.2) is 0 Å². The molecule has 0 fully saturated rings. The molecule has 0 saturated carbocycles. The number of hydrogen-bond donors (Lipinski definition) is 1. The molecule has 2 aromatic heterocycles. The Kier molecular flexibility index (Phi) is 7.02. The zero-order valence-electron chi connectivity index (χ0n) is 18.3. The molecule has 1 aliphatic rings. The summed E-state index contributed by atoms with van der Waals surface area (Å²) in [6, 6.07) is 10.8. The molecule has 0 aliphatic carbocycles. The number of halogens is 1. The van der Waals surface area contributed by atoms with Gasteiger partial charge in [0.25, 0.3) is 5.91 Å². The van der Waals surface area contributed by atoms with E-state index in [1.54, 1.807) is 40.8 Å². The number of nitrogens with one attached hydrogen (secondary N) is 1. The second-order valence-electron chi connectivity index (χ2n) is 7.81. The fraction of sp³-hybridized carbons (Fsp3) is 0.333. The number of anilines is 1. The molecule has 168 valence electrons. The van der Waals surface area contributed by atoms with Gasteiger partial charge in [0.2, 0.25) is 0 Å². The second-order valence-corrected chi connectivity index (χ2v) is 8.79. The SMILES string of the molecule is CNCC[C@H](Oc1ccc(CN2CCN(C)c3ccncc3C2=O)c(F)c1)c1cccs1. The second kappa shape index (κ2) is 10.1. The monoisotopic (exact) mass is 454 g/mol. The summed E-state index contributed by atoms with van der Waals surface area (Å²) in [6.07, 6.45) is 3.90. The van der Waals surface area contributed by atoms with Gasteiger partial charge >= 0.3 is 0 Å². The van der Waals surface area contributed by atoms with Crippen LogP contribution < -0.4 is 15.0 Å². The highest BCUT2D eigenvalue weighted by Crippen LogP contribution is 2.30. The zero-order valence-corrected chi connectivity index (χ0v) is 19.1. The molecule has 3 aromatic rings. The molecule has 0 radical (unpaired) electrons. The highest BCUT2D eigenvalue weighted by molar-refractivity contribution is 7.10. The van der Waals surface area contributed by atoms with Gasteiger partial charge < -0.3 is 19.9 Å². The van der Waals surface area contributed by atoms with Crippen LogP contribution in [-0.4, -0.2) is 49.5 Å². The van der Waals surface area contributed by atoms with E-state index >= 15 is 4.39 Å². The summed E-state index contributed by atoms with van der Waals surface area (Å²) in [4.78, 5) is 22.0. The summed E-state index contributed by atoms with van der Waals surface area (Å²) >= 11 is 1.63. The van der Waals surface area contributed by atoms with Crippen molar-refractivity contribution in [3.63, 3.8) is 0 Å². The van der Waals surface area contributed by atoms with E-state index in [1.807, 2.05) is 42.6 Å². The van der Waals surface area contributed by atoms with Crippen LogP contribution in [0.2, 0.25) is 0 Å². The van der Waals surface area contributed by atoms with Crippen LogP contribution in [0.5, 0.6) is 5.75 Å². The number of amides is 1. The van der Waals surface area contributed by atoms with Crippen molar-refractivity contribution in [1.29, 1.82) is 0 Å². The molecule has 4 rings (SSSR count). The first-order valence-corrected chi connectivity index (χ1v) is 11.5. The quantitative estimate of drug-likeness (QED) is 0.555. The van der Waals surface area contributed by atoms with Crippen LogP contribution in [0.1, 0.15) is 33.3 Å². The van der Waals surface area contributed by atoms with Crippen LogP contribution in [0.15, 0.2) is 54.2 Å². The minimum absolute atomic E-state index is 0.137. The number of rotatable bonds is 8. The number of carbonyl (C=O) groups is 1. The number of ether oxygens (including phenoxy) is 1. The molecule has 1 aliphatic heterocycles. The molecule has 1 amide bonds. The molecular formula is C24H27FN4O2S. The molecule has 0 unspecified atom stereocenters. The van der Waals surface area contributed by atoms with E-state index in [4.69, 9.17) is 4.74 Å². The van der Waals surface area contributed by atoms with E-state index < -0.39 is 0 Å². The van der Waals surface area contributed by atoms with Crippen molar-refractivity contribution in [3.8, 4) is 5.75 Å². The third-order valence-corrected chi connectivity index (χ3v) is 6.58. The topological polar surface area (TPSA) is 57.7 Å². The number of carbonyl (C=O) groups excluding carboxylic acids is 1. The van der Waals surface area contributed by atoms with Crippen molar-refractivity contribution in [2.24, 2.45) is 0 Å². The number of aromatic nitrogens is 1. The molecule has 8 heteroatoms. The van der Waals surface area contributed by atoms with Crippen LogP contribution >= 0.6 is 11.3 Å². The number of fused-ring (bicyclic) bond motifs is 1. The van der Waals surface area contributed by atoms with Crippen molar-refractivity contribution in [1.82, 2.24) is 15.2 Å². The minimum Gasteiger partial charge on any atom is -0.485 e. The van der Waals surface area contributed by atoms with Crippen molar-refractivity contribution in [3.05, 3.63) is 76.0 Å². The Morgan fingerprint density at radius 1 is 1.28 bits per heavy atom. The van der Waals surface area contributed by atoms with Crippen molar-refractivity contribution < 1.29 is 13.9 Å². The lowest BCUT2D eigenvalue weighted by Crippen LogP contribution is -2.33. The third-order valence-electron chi connectivity index (χ3n) is 5.61. The Bertz CT molecular complexity index is 1060. The lowest BCUT2D eigenvalue weighted by atomic mass is 10.1. The van der Waals surface area contributed by atoms with E-state index in [-0.39, 0.29) is 24.4 Å². The van der Waals surface area contributed by atoms with E-state index in [0.29, 0.717) is 30.0 Å². The molecule has 0 spiro atoms. The van der Waals surface area contributed by atoms with Crippen molar-refractivity contribution >= 4 is 22.9 Å². The van der Waals surface area contributed by atoms with E-state index in [1.165, 1.54) is 6.07 Å². The summed E-state index contributed by atoms with van der Waals surface area (Å²) in [7, 11) is 3.84. The van der Waals surface area contributed by atoms with Gasteiger partial charge in [-0.25, -0.2) is 4.39 Å². The first-order valence-electron chi connectivity index (χ1n) is 10.6. The maximum Gasteiger partial charge on any atom is 0.257 e. The maximum absolute atomic E-state index is 15.0. The van der Waals surface area contributed by atoms with Gasteiger partial charge in [-0.05, 0) is 37.2 Å². The Morgan fingerprint density at radius 2 is 2.16 bits per heavy atom. The summed E-state index contributed by atoms with van der Waals surface area (Å²) in [5.41, 5.74) is 1.85. The Labute approximate surface area is 191 Å². The Hall–Kier alpha value is -2.97. The van der Waals surface area contributed by atoms with Crippen LogP contribution in [0, 0.1) is 5.82 Å². The lowest BCUT2D eigenvalue weighted by molar-refractivity contribution is 0.0753. The molecule has 6 nitrogen and oxygen atoms in total. The summed E-state index contributed by atoms with van der Waals surface area (Å²) in [6.45, 7) is 2.16. The number of nitrogens with zero attached hydrogens (tertiary/aromatic N) is 3. The molecule has 1 N–H and O–H groups in total. The number of hydrogen-bond acceptors (Lipinski definition) is 6. The highest BCUT2D eigenvalue weighted by atomic mass is 32.1. The Balaban J connectivity index is 1.49. The number of likely N-dealkylation sites (N-methyl/N-ethyl adjacent to an activating group) is 1. The normalized spacial score (nSPS) is 14.8. The predicted molar refractivity (Wildman–Crippen MR) is 125 cm³/mol. The smallest absolute Gasteiger partial charge is 0.257 e. The van der Waals surface area contributed by atoms with Crippen LogP contribution in [0.4, 0.5) is 10.1 Å². The van der Waals surface area contributed by atoms with Gasteiger partial charge in [0.1, 0.15) is 17.7 Å². The van der Waals surface area contributed by atoms with Crippen LogP contribution in [-0.2, 0) is 6.54 Å². The molecule has 1 atom stereocenters. The summed E-state index contributed by atoms with van der Waals surface area (Å²) in [5.74, 6) is -0.0305. The van der Waals surface area contributed by atoms with E-state index in [0.717, 1.165) is 23.5 Å². The highest BCUT2D eigenvalue weighted by Gasteiger charge is 2.26. The van der Waals surface area contributed by atoms with Gasteiger partial charge in [-0.2, -0.15) is 0 Å². The van der Waals surface area contributed by atoms with Crippen molar-refractivity contribution in [2.45, 2.75) is 19.1 Å². The zero-order chi connectivity index (χ0) is 22.5. The fourth-order valence-corrected chi connectivity index (χ4v) is 4.60. The number of pyridine rings is 1. The molecule has 0 saturated heterocycles. The van der Waals surface area contributed by atoms with E-state index in [2.05, 4.69) is 10.3 Å². The molecule has 3 heterocycles. The van der Waals surface area contributed by atoms with Crippen LogP contribution in [0.25, 0.3) is 0 Å². The summed E-state index contributed by atoms with van der Waals surface area (Å²) in [5, 5.41) is 5.15. The third kappa shape index (κ3) is 4.92. The van der Waals surface area contributed by atoms with Gasteiger partial charge in [0, 0.05) is 62.0 Å². The summed E-state index contributed by atoms with van der Waals surface area (Å²) < 4.78 is 21.1. The number of thiophene rings is 1.